The van der Waals surface area contributed by atoms with Crippen LogP contribution < -0.4 is 14.9 Å². The average molecular weight is 419 g/mol. The van der Waals surface area contributed by atoms with Crippen molar-refractivity contribution >= 4 is 28.1 Å². The lowest BCUT2D eigenvalue weighted by Crippen LogP contribution is -2.24. The van der Waals surface area contributed by atoms with Crippen LogP contribution in [0.2, 0.25) is 0 Å². The molecule has 0 saturated carbocycles. The van der Waals surface area contributed by atoms with E-state index in [4.69, 9.17) is 9.47 Å². The Morgan fingerprint density at radius 3 is 2.85 bits per heavy atom. The van der Waals surface area contributed by atoms with Crippen molar-refractivity contribution in [1.29, 1.82) is 0 Å². The lowest BCUT2D eigenvalue weighted by molar-refractivity contribution is -0.123. The second-order valence-corrected chi connectivity index (χ2v) is 6.09. The summed E-state index contributed by atoms with van der Waals surface area (Å²) in [5.74, 6) is 0.549. The first-order chi connectivity index (χ1) is 12.5. The number of amides is 1. The highest BCUT2D eigenvalue weighted by Gasteiger charge is 2.08. The van der Waals surface area contributed by atoms with Gasteiger partial charge >= 0.3 is 0 Å². The van der Waals surface area contributed by atoms with Gasteiger partial charge in [0.1, 0.15) is 5.75 Å². The number of para-hydroxylation sites is 1. The Hall–Kier alpha value is -2.80. The van der Waals surface area contributed by atoms with Gasteiger partial charge in [0.2, 0.25) is 0 Å². The fraction of sp³-hybridized carbons (Fsp3) is 0.158. The van der Waals surface area contributed by atoms with Gasteiger partial charge in [0.15, 0.2) is 18.1 Å². The number of rotatable bonds is 8. The molecule has 2 aromatic carbocycles. The first-order valence-corrected chi connectivity index (χ1v) is 8.54. The van der Waals surface area contributed by atoms with Gasteiger partial charge in [-0.25, -0.2) is 5.43 Å². The zero-order valence-corrected chi connectivity index (χ0v) is 15.8. The van der Waals surface area contributed by atoms with Crippen LogP contribution in [0.5, 0.6) is 17.2 Å². The van der Waals surface area contributed by atoms with Crippen LogP contribution in [0.25, 0.3) is 0 Å². The molecule has 0 aliphatic carbocycles. The molecule has 2 aromatic rings. The van der Waals surface area contributed by atoms with Gasteiger partial charge in [-0.2, -0.15) is 5.10 Å². The topological polar surface area (TPSA) is 80.2 Å². The molecule has 0 unspecified atom stereocenters. The normalized spacial score (nSPS) is 10.5. The van der Waals surface area contributed by atoms with Crippen LogP contribution in [-0.4, -0.2) is 30.9 Å². The van der Waals surface area contributed by atoms with Crippen LogP contribution in [-0.2, 0) is 11.2 Å². The predicted octanol–water partition coefficient (Wildman–Crippen LogP) is 3.42. The highest BCUT2D eigenvalue weighted by molar-refractivity contribution is 9.10. The van der Waals surface area contributed by atoms with Gasteiger partial charge in [-0.05, 0) is 51.7 Å². The molecule has 0 bridgehead atoms. The molecule has 0 saturated heterocycles. The van der Waals surface area contributed by atoms with Gasteiger partial charge in [0.05, 0.1) is 17.8 Å². The van der Waals surface area contributed by atoms with Gasteiger partial charge in [-0.15, -0.1) is 6.58 Å². The van der Waals surface area contributed by atoms with E-state index in [1.165, 1.54) is 13.3 Å². The number of phenols is 1. The van der Waals surface area contributed by atoms with Crippen molar-refractivity contribution in [3.8, 4) is 17.2 Å². The zero-order valence-electron chi connectivity index (χ0n) is 14.2. The van der Waals surface area contributed by atoms with Crippen molar-refractivity contribution < 1.29 is 19.4 Å². The van der Waals surface area contributed by atoms with Crippen molar-refractivity contribution in [2.75, 3.05) is 13.7 Å². The number of ether oxygens (including phenoxy) is 2. The second kappa shape index (κ2) is 9.62. The van der Waals surface area contributed by atoms with E-state index in [1.54, 1.807) is 24.3 Å². The molecule has 0 atom stereocenters. The number of allylic oxidation sites excluding steroid dienone is 1. The molecule has 0 aromatic heterocycles. The van der Waals surface area contributed by atoms with Gasteiger partial charge < -0.3 is 14.6 Å². The lowest BCUT2D eigenvalue weighted by Gasteiger charge is -2.09. The Morgan fingerprint density at radius 1 is 1.35 bits per heavy atom. The molecule has 0 aliphatic rings. The van der Waals surface area contributed by atoms with Gasteiger partial charge in [0, 0.05) is 0 Å². The summed E-state index contributed by atoms with van der Waals surface area (Å²) >= 11 is 3.22. The summed E-state index contributed by atoms with van der Waals surface area (Å²) in [6.07, 6.45) is 3.88. The Bertz CT molecular complexity index is 821. The molecule has 2 rings (SSSR count). The van der Waals surface area contributed by atoms with Gasteiger partial charge in [-0.1, -0.05) is 24.3 Å². The first kappa shape index (κ1) is 19.5. The molecule has 0 spiro atoms. The number of hydrogen-bond donors (Lipinski definition) is 2. The Balaban J connectivity index is 1.92. The number of aromatic hydroxyl groups is 1. The number of hydrazone groups is 1. The number of carbonyl (C=O) groups is 1. The number of carbonyl (C=O) groups excluding carboxylic acids is 1. The highest BCUT2D eigenvalue weighted by Crippen LogP contribution is 2.34. The molecule has 0 heterocycles. The molecular weight excluding hydrogens is 400 g/mol. The molecule has 7 heteroatoms. The fourth-order valence-electron chi connectivity index (χ4n) is 2.15. The van der Waals surface area contributed by atoms with Crippen molar-refractivity contribution in [3.05, 3.63) is 64.7 Å². The summed E-state index contributed by atoms with van der Waals surface area (Å²) in [4.78, 5) is 11.9. The number of nitrogens with one attached hydrogen (secondary N) is 1. The van der Waals surface area contributed by atoms with E-state index in [0.717, 1.165) is 5.56 Å². The third-order valence-electron chi connectivity index (χ3n) is 3.37. The molecule has 6 nitrogen and oxygen atoms in total. The fourth-order valence-corrected chi connectivity index (χ4v) is 2.61. The monoisotopic (exact) mass is 418 g/mol. The predicted molar refractivity (Wildman–Crippen MR) is 104 cm³/mol. The number of hydrogen-bond acceptors (Lipinski definition) is 5. The minimum absolute atomic E-state index is 0.000255. The maximum Gasteiger partial charge on any atom is 0.277 e. The quantitative estimate of drug-likeness (QED) is 0.391. The number of halogens is 1. The van der Waals surface area contributed by atoms with E-state index in [0.29, 0.717) is 28.0 Å². The van der Waals surface area contributed by atoms with Crippen LogP contribution in [0.1, 0.15) is 11.1 Å². The molecule has 1 amide bonds. The Labute approximate surface area is 160 Å². The number of phenolic OH excluding ortho intramolecular Hbond substituents is 1. The maximum absolute atomic E-state index is 11.9. The number of methoxy groups -OCH3 is 1. The molecular formula is C19H19BrN2O4. The van der Waals surface area contributed by atoms with Gasteiger partial charge in [-0.3, -0.25) is 4.79 Å². The molecule has 26 heavy (non-hydrogen) atoms. The molecule has 0 radical (unpaired) electrons. The van der Waals surface area contributed by atoms with Crippen molar-refractivity contribution in [2.24, 2.45) is 5.10 Å². The van der Waals surface area contributed by atoms with Crippen LogP contribution in [0.15, 0.2) is 58.6 Å². The summed E-state index contributed by atoms with van der Waals surface area (Å²) < 4.78 is 11.1. The minimum Gasteiger partial charge on any atom is -0.503 e. The maximum atomic E-state index is 11.9. The third-order valence-corrected chi connectivity index (χ3v) is 3.97. The average Bonchev–Trinajstić information content (AvgIpc) is 2.64. The SMILES string of the molecule is C=CCc1ccccc1OCC(=O)N/N=C/c1cc(Br)c(O)c(OC)c1. The summed E-state index contributed by atoms with van der Waals surface area (Å²) in [7, 11) is 1.45. The molecule has 2 N–H and O–H groups in total. The number of benzene rings is 2. The summed E-state index contributed by atoms with van der Waals surface area (Å²) in [5, 5.41) is 13.6. The van der Waals surface area contributed by atoms with Crippen molar-refractivity contribution in [2.45, 2.75) is 6.42 Å². The molecule has 0 fully saturated rings. The van der Waals surface area contributed by atoms with E-state index in [2.05, 4.69) is 33.0 Å². The van der Waals surface area contributed by atoms with E-state index in [1.807, 2.05) is 18.2 Å². The first-order valence-electron chi connectivity index (χ1n) is 7.75. The summed E-state index contributed by atoms with van der Waals surface area (Å²) in [5.41, 5.74) is 3.99. The van der Waals surface area contributed by atoms with Gasteiger partial charge in [0.25, 0.3) is 5.91 Å². The summed E-state index contributed by atoms with van der Waals surface area (Å²) in [6, 6.07) is 10.7. The van der Waals surface area contributed by atoms with Crippen LogP contribution >= 0.6 is 15.9 Å². The van der Waals surface area contributed by atoms with E-state index < -0.39 is 0 Å². The van der Waals surface area contributed by atoms with E-state index >= 15 is 0 Å². The highest BCUT2D eigenvalue weighted by atomic mass is 79.9. The van der Waals surface area contributed by atoms with Crippen LogP contribution in [0.4, 0.5) is 0 Å². The van der Waals surface area contributed by atoms with Crippen molar-refractivity contribution in [1.82, 2.24) is 5.43 Å². The van der Waals surface area contributed by atoms with Crippen LogP contribution in [0, 0.1) is 0 Å². The van der Waals surface area contributed by atoms with Crippen LogP contribution in [0.3, 0.4) is 0 Å². The third kappa shape index (κ3) is 5.35. The van der Waals surface area contributed by atoms with Crippen molar-refractivity contribution in [3.63, 3.8) is 0 Å². The number of nitrogens with zero attached hydrogens (tertiary/aromatic N) is 1. The largest absolute Gasteiger partial charge is 0.503 e. The summed E-state index contributed by atoms with van der Waals surface area (Å²) in [6.45, 7) is 3.54. The Kier molecular flexibility index (Phi) is 7.23. The lowest BCUT2D eigenvalue weighted by atomic mass is 10.1. The smallest absolute Gasteiger partial charge is 0.277 e. The molecule has 136 valence electrons. The van der Waals surface area contributed by atoms with E-state index in [9.17, 15) is 9.90 Å². The second-order valence-electron chi connectivity index (χ2n) is 5.24. The molecule has 0 aliphatic heterocycles. The zero-order chi connectivity index (χ0) is 18.9. The minimum atomic E-state index is -0.389. The standard InChI is InChI=1S/C19H19BrN2O4/c1-3-6-14-7-4-5-8-16(14)26-12-18(23)22-21-11-13-9-15(20)19(24)17(10-13)25-2/h3-5,7-11,24H,1,6,12H2,2H3,(H,22,23)/b21-11+. The van der Waals surface area contributed by atoms with E-state index in [-0.39, 0.29) is 18.3 Å². The Morgan fingerprint density at radius 2 is 2.12 bits per heavy atom.